The summed E-state index contributed by atoms with van der Waals surface area (Å²) in [6.07, 6.45) is 3.73. The normalized spacial score (nSPS) is 18.3. The Morgan fingerprint density at radius 2 is 1.73 bits per heavy atom. The fraction of sp³-hybridized carbons (Fsp3) is 0.414. The molecule has 0 bridgehead atoms. The first-order chi connectivity index (χ1) is 17.8. The number of carbonyl (C=O) groups is 3. The first kappa shape index (κ1) is 25.0. The van der Waals surface area contributed by atoms with E-state index in [-0.39, 0.29) is 18.9 Å². The molecule has 0 saturated carbocycles. The van der Waals surface area contributed by atoms with E-state index in [9.17, 15) is 19.5 Å². The molecule has 1 amide bonds. The number of aromatic amines is 1. The second-order valence-corrected chi connectivity index (χ2v) is 10.5. The number of esters is 1. The van der Waals surface area contributed by atoms with Crippen molar-refractivity contribution in [2.45, 2.75) is 50.7 Å². The molecular formula is C29H33N3O5. The minimum Gasteiger partial charge on any atom is -0.481 e. The average molecular weight is 504 g/mol. The van der Waals surface area contributed by atoms with E-state index in [0.717, 1.165) is 53.5 Å². The molecule has 2 aliphatic rings. The van der Waals surface area contributed by atoms with Gasteiger partial charge in [0.2, 0.25) is 5.91 Å². The van der Waals surface area contributed by atoms with Gasteiger partial charge in [-0.05, 0) is 55.5 Å². The molecule has 8 heteroatoms. The van der Waals surface area contributed by atoms with Gasteiger partial charge >= 0.3 is 11.9 Å². The second kappa shape index (κ2) is 10.4. The summed E-state index contributed by atoms with van der Waals surface area (Å²) in [5.74, 6) is -1.93. The molecule has 0 radical (unpaired) electrons. The maximum atomic E-state index is 13.8. The molecule has 1 saturated heterocycles. The SMILES string of the molecule is CN1CCC(OC(=O)C(Cc2c[nH]c3ccccc23)NC(=O)C2(CC(=O)O)Cc3ccccc3C2)CC1. The van der Waals surface area contributed by atoms with Crippen LogP contribution in [0, 0.1) is 5.41 Å². The van der Waals surface area contributed by atoms with Crippen molar-refractivity contribution in [2.24, 2.45) is 5.41 Å². The van der Waals surface area contributed by atoms with E-state index in [1.165, 1.54) is 0 Å². The van der Waals surface area contributed by atoms with Gasteiger partial charge < -0.3 is 25.0 Å². The molecule has 1 aliphatic carbocycles. The van der Waals surface area contributed by atoms with Crippen molar-refractivity contribution in [2.75, 3.05) is 20.1 Å². The summed E-state index contributed by atoms with van der Waals surface area (Å²) in [7, 11) is 2.04. The van der Waals surface area contributed by atoms with Crippen molar-refractivity contribution >= 4 is 28.7 Å². The molecule has 3 N–H and O–H groups in total. The first-order valence-corrected chi connectivity index (χ1v) is 12.9. The Hall–Kier alpha value is -3.65. The number of rotatable bonds is 8. The van der Waals surface area contributed by atoms with Gasteiger partial charge in [0.05, 0.1) is 11.8 Å². The number of H-pyrrole nitrogens is 1. The smallest absolute Gasteiger partial charge is 0.329 e. The van der Waals surface area contributed by atoms with Gasteiger partial charge in [-0.25, -0.2) is 4.79 Å². The number of ether oxygens (including phenoxy) is 1. The Balaban J connectivity index is 1.40. The summed E-state index contributed by atoms with van der Waals surface area (Å²) < 4.78 is 5.90. The molecule has 1 atom stereocenters. The van der Waals surface area contributed by atoms with Crippen LogP contribution in [0.5, 0.6) is 0 Å². The van der Waals surface area contributed by atoms with Crippen molar-refractivity contribution in [1.29, 1.82) is 0 Å². The van der Waals surface area contributed by atoms with Gasteiger partial charge in [0, 0.05) is 36.6 Å². The number of carboxylic acid groups (broad SMARTS) is 1. The number of benzene rings is 2. The molecule has 37 heavy (non-hydrogen) atoms. The number of hydrogen-bond acceptors (Lipinski definition) is 5. The molecule has 2 heterocycles. The molecule has 0 spiro atoms. The molecular weight excluding hydrogens is 470 g/mol. The average Bonchev–Trinajstić information content (AvgIpc) is 3.46. The van der Waals surface area contributed by atoms with Crippen molar-refractivity contribution in [3.8, 4) is 0 Å². The van der Waals surface area contributed by atoms with Crippen molar-refractivity contribution in [1.82, 2.24) is 15.2 Å². The van der Waals surface area contributed by atoms with Crippen LogP contribution in [0.3, 0.4) is 0 Å². The van der Waals surface area contributed by atoms with Crippen molar-refractivity contribution < 1.29 is 24.2 Å². The van der Waals surface area contributed by atoms with Crippen molar-refractivity contribution in [3.63, 3.8) is 0 Å². The number of likely N-dealkylation sites (tertiary alicyclic amines) is 1. The highest BCUT2D eigenvalue weighted by Gasteiger charge is 2.46. The maximum absolute atomic E-state index is 13.8. The highest BCUT2D eigenvalue weighted by atomic mass is 16.5. The van der Waals surface area contributed by atoms with Crippen LogP contribution in [0.25, 0.3) is 10.9 Å². The van der Waals surface area contributed by atoms with Gasteiger partial charge in [-0.1, -0.05) is 42.5 Å². The number of aliphatic carboxylic acids is 1. The fourth-order valence-corrected chi connectivity index (χ4v) is 5.72. The van der Waals surface area contributed by atoms with E-state index >= 15 is 0 Å². The molecule has 194 valence electrons. The third kappa shape index (κ3) is 5.39. The summed E-state index contributed by atoms with van der Waals surface area (Å²) in [6, 6.07) is 14.5. The van der Waals surface area contributed by atoms with Crippen LogP contribution >= 0.6 is 0 Å². The number of fused-ring (bicyclic) bond motifs is 2. The lowest BCUT2D eigenvalue weighted by Gasteiger charge is -2.31. The van der Waals surface area contributed by atoms with Gasteiger partial charge in [0.25, 0.3) is 0 Å². The predicted octanol–water partition coefficient (Wildman–Crippen LogP) is 3.09. The Bertz CT molecular complexity index is 1280. The van der Waals surface area contributed by atoms with Crippen LogP contribution < -0.4 is 5.32 Å². The van der Waals surface area contributed by atoms with Crippen LogP contribution in [0.4, 0.5) is 0 Å². The molecule has 1 unspecified atom stereocenters. The molecule has 8 nitrogen and oxygen atoms in total. The zero-order valence-electron chi connectivity index (χ0n) is 21.0. The topological polar surface area (TPSA) is 112 Å². The monoisotopic (exact) mass is 503 g/mol. The lowest BCUT2D eigenvalue weighted by Crippen LogP contribution is -2.52. The van der Waals surface area contributed by atoms with Crippen LogP contribution in [-0.2, 0) is 38.4 Å². The van der Waals surface area contributed by atoms with Gasteiger partial charge in [0.15, 0.2) is 0 Å². The number of piperidine rings is 1. The lowest BCUT2D eigenvalue weighted by atomic mass is 9.80. The van der Waals surface area contributed by atoms with Crippen LogP contribution in [0.2, 0.25) is 0 Å². The summed E-state index contributed by atoms with van der Waals surface area (Å²) in [5.41, 5.74) is 2.63. The summed E-state index contributed by atoms with van der Waals surface area (Å²) in [4.78, 5) is 44.6. The van der Waals surface area contributed by atoms with Crippen LogP contribution in [-0.4, -0.2) is 65.1 Å². The maximum Gasteiger partial charge on any atom is 0.329 e. The third-order valence-corrected chi connectivity index (χ3v) is 7.78. The first-order valence-electron chi connectivity index (χ1n) is 12.9. The van der Waals surface area contributed by atoms with E-state index in [2.05, 4.69) is 15.2 Å². The second-order valence-electron chi connectivity index (χ2n) is 10.5. The molecule has 1 fully saturated rings. The number of nitrogens with one attached hydrogen (secondary N) is 2. The lowest BCUT2D eigenvalue weighted by molar-refractivity contribution is -0.156. The highest BCUT2D eigenvalue weighted by molar-refractivity contribution is 5.92. The van der Waals surface area contributed by atoms with Gasteiger partial charge in [-0.2, -0.15) is 0 Å². The number of para-hydroxylation sites is 1. The summed E-state index contributed by atoms with van der Waals surface area (Å²) in [6.45, 7) is 1.69. The Kier molecular flexibility index (Phi) is 7.02. The molecule has 1 aromatic heterocycles. The van der Waals surface area contributed by atoms with Gasteiger partial charge in [-0.15, -0.1) is 0 Å². The largest absolute Gasteiger partial charge is 0.481 e. The van der Waals surface area contributed by atoms with E-state index < -0.39 is 29.3 Å². The van der Waals surface area contributed by atoms with E-state index in [4.69, 9.17) is 4.74 Å². The number of nitrogens with zero attached hydrogens (tertiary/aromatic N) is 1. The van der Waals surface area contributed by atoms with Crippen molar-refractivity contribution in [3.05, 3.63) is 71.4 Å². The van der Waals surface area contributed by atoms with Crippen LogP contribution in [0.15, 0.2) is 54.7 Å². The minimum atomic E-state index is -1.15. The minimum absolute atomic E-state index is 0.199. The summed E-state index contributed by atoms with van der Waals surface area (Å²) in [5, 5.41) is 13.6. The quantitative estimate of drug-likeness (QED) is 0.408. The van der Waals surface area contributed by atoms with E-state index in [1.54, 1.807) is 0 Å². The molecule has 1 aliphatic heterocycles. The zero-order valence-corrected chi connectivity index (χ0v) is 21.0. The Morgan fingerprint density at radius 1 is 1.08 bits per heavy atom. The summed E-state index contributed by atoms with van der Waals surface area (Å²) >= 11 is 0. The highest BCUT2D eigenvalue weighted by Crippen LogP contribution is 2.40. The third-order valence-electron chi connectivity index (χ3n) is 7.78. The molecule has 2 aromatic carbocycles. The fourth-order valence-electron chi connectivity index (χ4n) is 5.72. The van der Waals surface area contributed by atoms with Gasteiger partial charge in [-0.3, -0.25) is 9.59 Å². The predicted molar refractivity (Wildman–Crippen MR) is 139 cm³/mol. The van der Waals surface area contributed by atoms with E-state index in [0.29, 0.717) is 12.8 Å². The van der Waals surface area contributed by atoms with E-state index in [1.807, 2.05) is 61.8 Å². The number of aromatic nitrogens is 1. The number of carboxylic acids is 1. The number of amides is 1. The van der Waals surface area contributed by atoms with Gasteiger partial charge in [0.1, 0.15) is 12.1 Å². The zero-order chi connectivity index (χ0) is 26.0. The molecule has 3 aromatic rings. The Labute approximate surface area is 216 Å². The number of hydrogen-bond donors (Lipinski definition) is 3. The standard InChI is InChI=1S/C29H33N3O5/c1-32-12-10-22(11-13-32)37-27(35)25(14-21-18-30-24-9-5-4-8-23(21)24)31-28(36)29(17-26(33)34)15-19-6-2-3-7-20(19)16-29/h2-9,18,22,25,30H,10-17H2,1H3,(H,31,36)(H,33,34). The Morgan fingerprint density at radius 3 is 2.41 bits per heavy atom. The number of carbonyl (C=O) groups excluding carboxylic acids is 2. The van der Waals surface area contributed by atoms with Crippen LogP contribution in [0.1, 0.15) is 36.0 Å². The molecule has 5 rings (SSSR count).